The van der Waals surface area contributed by atoms with E-state index in [1.807, 2.05) is 0 Å². The number of aromatic nitrogens is 2. The molecular formula is C25H29ClFN5O3. The lowest BCUT2D eigenvalue weighted by atomic mass is 10.1. The first-order chi connectivity index (χ1) is 16.5. The van der Waals surface area contributed by atoms with Crippen LogP contribution in [0, 0.1) is 5.82 Å². The average molecular weight is 502 g/mol. The van der Waals surface area contributed by atoms with Crippen LogP contribution in [0.1, 0.15) is 13.8 Å². The summed E-state index contributed by atoms with van der Waals surface area (Å²) in [4.78, 5) is 23.0. The molecule has 0 bridgehead atoms. The molecule has 1 amide bonds. The predicted molar refractivity (Wildman–Crippen MR) is 137 cm³/mol. The maximum absolute atomic E-state index is 13.5. The second-order valence-corrected chi connectivity index (χ2v) is 8.10. The number of nitrogens with zero attached hydrogens (tertiary/aromatic N) is 3. The standard InChI is InChI=1S/C24H25ClFN5O3.CH4/c1-2-23(32)30-21-13-17-20(14-22(21)34-9-3-6-31-7-10-33-11-8-31)27-15-28-24(17)29-16-4-5-19(26)18(25)12-16;/h2,4-5,12-15H,1,3,6-11H2,(H,30,32)(H,27,28,29);1H4. The van der Waals surface area contributed by atoms with Crippen LogP contribution in [0.4, 0.5) is 21.6 Å². The number of morpholine rings is 1. The molecule has 4 rings (SSSR count). The lowest BCUT2D eigenvalue weighted by Crippen LogP contribution is -2.37. The third-order valence-corrected chi connectivity index (χ3v) is 5.63. The van der Waals surface area contributed by atoms with Crippen molar-refractivity contribution in [1.82, 2.24) is 14.9 Å². The minimum atomic E-state index is -0.510. The summed E-state index contributed by atoms with van der Waals surface area (Å²) in [5.74, 6) is 0.0959. The topological polar surface area (TPSA) is 88.6 Å². The van der Waals surface area contributed by atoms with Crippen molar-refractivity contribution in [2.45, 2.75) is 13.8 Å². The normalized spacial score (nSPS) is 13.7. The van der Waals surface area contributed by atoms with E-state index in [-0.39, 0.29) is 18.4 Å². The zero-order valence-electron chi connectivity index (χ0n) is 18.5. The number of anilines is 3. The number of benzene rings is 2. The molecule has 1 aromatic heterocycles. The van der Waals surface area contributed by atoms with Gasteiger partial charge in [0, 0.05) is 36.8 Å². The summed E-state index contributed by atoms with van der Waals surface area (Å²) in [7, 11) is 0. The average Bonchev–Trinajstić information content (AvgIpc) is 2.85. The molecule has 2 heterocycles. The second-order valence-electron chi connectivity index (χ2n) is 7.69. The van der Waals surface area contributed by atoms with Gasteiger partial charge in [-0.05, 0) is 36.8 Å². The molecule has 0 saturated carbocycles. The Labute approximate surface area is 209 Å². The first kappa shape index (κ1) is 26.3. The van der Waals surface area contributed by atoms with Crippen LogP contribution in [0.5, 0.6) is 5.75 Å². The van der Waals surface area contributed by atoms with Crippen LogP contribution in [-0.2, 0) is 9.53 Å². The van der Waals surface area contributed by atoms with Gasteiger partial charge >= 0.3 is 0 Å². The number of ether oxygens (including phenoxy) is 2. The number of carbonyl (C=O) groups is 1. The molecule has 1 fully saturated rings. The molecule has 0 radical (unpaired) electrons. The maximum atomic E-state index is 13.5. The fourth-order valence-corrected chi connectivity index (χ4v) is 3.77. The van der Waals surface area contributed by atoms with Crippen LogP contribution >= 0.6 is 11.6 Å². The van der Waals surface area contributed by atoms with Crippen LogP contribution in [0.25, 0.3) is 10.9 Å². The van der Waals surface area contributed by atoms with Crippen molar-refractivity contribution in [3.8, 4) is 5.75 Å². The molecule has 2 aromatic carbocycles. The summed E-state index contributed by atoms with van der Waals surface area (Å²) in [6.07, 6.45) is 3.43. The number of rotatable bonds is 9. The van der Waals surface area contributed by atoms with Crippen molar-refractivity contribution in [3.63, 3.8) is 0 Å². The molecule has 1 aliphatic heterocycles. The summed E-state index contributed by atoms with van der Waals surface area (Å²) in [6.45, 7) is 8.24. The summed E-state index contributed by atoms with van der Waals surface area (Å²) in [5, 5.41) is 6.55. The van der Waals surface area contributed by atoms with Gasteiger partial charge in [-0.25, -0.2) is 14.4 Å². The number of carbonyl (C=O) groups excluding carboxylic acids is 1. The van der Waals surface area contributed by atoms with E-state index in [2.05, 4.69) is 32.1 Å². The van der Waals surface area contributed by atoms with Crippen LogP contribution in [-0.4, -0.2) is 60.2 Å². The summed E-state index contributed by atoms with van der Waals surface area (Å²) in [6, 6.07) is 7.79. The van der Waals surface area contributed by atoms with Crippen LogP contribution in [0.3, 0.4) is 0 Å². The molecule has 186 valence electrons. The third kappa shape index (κ3) is 6.88. The van der Waals surface area contributed by atoms with Gasteiger partial charge in [0.1, 0.15) is 23.7 Å². The number of hydrogen-bond acceptors (Lipinski definition) is 7. The first-order valence-electron chi connectivity index (χ1n) is 10.9. The zero-order chi connectivity index (χ0) is 23.9. The maximum Gasteiger partial charge on any atom is 0.247 e. The molecule has 35 heavy (non-hydrogen) atoms. The van der Waals surface area contributed by atoms with Gasteiger partial charge in [-0.1, -0.05) is 25.6 Å². The molecule has 0 aliphatic carbocycles. The van der Waals surface area contributed by atoms with Gasteiger partial charge in [0.05, 0.1) is 36.0 Å². The Morgan fingerprint density at radius 1 is 1.26 bits per heavy atom. The van der Waals surface area contributed by atoms with Gasteiger partial charge in [-0.15, -0.1) is 0 Å². The van der Waals surface area contributed by atoms with Gasteiger partial charge in [-0.2, -0.15) is 0 Å². The zero-order valence-corrected chi connectivity index (χ0v) is 19.3. The second kappa shape index (κ2) is 12.4. The van der Waals surface area contributed by atoms with Crippen molar-refractivity contribution >= 4 is 45.6 Å². The molecule has 2 N–H and O–H groups in total. The Morgan fingerprint density at radius 3 is 2.80 bits per heavy atom. The number of hydrogen-bond donors (Lipinski definition) is 2. The highest BCUT2D eigenvalue weighted by Gasteiger charge is 2.14. The van der Waals surface area contributed by atoms with E-state index in [0.717, 1.165) is 39.3 Å². The van der Waals surface area contributed by atoms with E-state index in [1.54, 1.807) is 18.2 Å². The van der Waals surface area contributed by atoms with E-state index in [1.165, 1.54) is 24.5 Å². The van der Waals surface area contributed by atoms with Crippen LogP contribution in [0.2, 0.25) is 5.02 Å². The lowest BCUT2D eigenvalue weighted by Gasteiger charge is -2.26. The summed E-state index contributed by atoms with van der Waals surface area (Å²) < 4.78 is 24.9. The minimum Gasteiger partial charge on any atom is -0.491 e. The van der Waals surface area contributed by atoms with Crippen molar-refractivity contribution in [3.05, 3.63) is 60.2 Å². The van der Waals surface area contributed by atoms with Gasteiger partial charge < -0.3 is 20.1 Å². The fraction of sp³-hybridized carbons (Fsp3) is 0.320. The molecule has 0 spiro atoms. The third-order valence-electron chi connectivity index (χ3n) is 5.34. The van der Waals surface area contributed by atoms with E-state index in [9.17, 15) is 9.18 Å². The molecule has 1 aliphatic rings. The van der Waals surface area contributed by atoms with Gasteiger partial charge in [0.25, 0.3) is 0 Å². The summed E-state index contributed by atoms with van der Waals surface area (Å²) in [5.41, 5.74) is 1.65. The molecule has 0 unspecified atom stereocenters. The van der Waals surface area contributed by atoms with Crippen molar-refractivity contribution < 1.29 is 18.7 Å². The Kier molecular flexibility index (Phi) is 9.36. The Balaban J connectivity index is 0.00000342. The highest BCUT2D eigenvalue weighted by molar-refractivity contribution is 6.31. The van der Waals surface area contributed by atoms with Crippen molar-refractivity contribution in [2.24, 2.45) is 0 Å². The number of amides is 1. The molecular weight excluding hydrogens is 473 g/mol. The predicted octanol–water partition coefficient (Wildman–Crippen LogP) is 5.03. The highest BCUT2D eigenvalue weighted by Crippen LogP contribution is 2.34. The SMILES string of the molecule is C.C=CC(=O)Nc1cc2c(Nc3ccc(F)c(Cl)c3)ncnc2cc1OCCCN1CCOCC1. The quantitative estimate of drug-likeness (QED) is 0.314. The highest BCUT2D eigenvalue weighted by atomic mass is 35.5. The first-order valence-corrected chi connectivity index (χ1v) is 11.3. The molecule has 10 heteroatoms. The van der Waals surface area contributed by atoms with E-state index < -0.39 is 5.82 Å². The number of halogens is 2. The molecule has 8 nitrogen and oxygen atoms in total. The van der Waals surface area contributed by atoms with E-state index in [4.69, 9.17) is 21.1 Å². The number of fused-ring (bicyclic) bond motifs is 1. The molecule has 3 aromatic rings. The smallest absolute Gasteiger partial charge is 0.247 e. The van der Waals surface area contributed by atoms with Crippen molar-refractivity contribution in [2.75, 3.05) is 50.1 Å². The Bertz CT molecular complexity index is 1190. The minimum absolute atomic E-state index is 0. The van der Waals surface area contributed by atoms with E-state index >= 15 is 0 Å². The van der Waals surface area contributed by atoms with Gasteiger partial charge in [0.2, 0.25) is 5.91 Å². The number of nitrogens with one attached hydrogen (secondary N) is 2. The molecule has 0 atom stereocenters. The van der Waals surface area contributed by atoms with Crippen LogP contribution < -0.4 is 15.4 Å². The van der Waals surface area contributed by atoms with Crippen LogP contribution in [0.15, 0.2) is 49.3 Å². The fourth-order valence-electron chi connectivity index (χ4n) is 3.59. The monoisotopic (exact) mass is 501 g/mol. The molecule has 1 saturated heterocycles. The van der Waals surface area contributed by atoms with Crippen molar-refractivity contribution in [1.29, 1.82) is 0 Å². The summed E-state index contributed by atoms with van der Waals surface area (Å²) >= 11 is 5.90. The Hall–Kier alpha value is -3.27. The van der Waals surface area contributed by atoms with Gasteiger partial charge in [-0.3, -0.25) is 9.69 Å². The van der Waals surface area contributed by atoms with E-state index in [0.29, 0.717) is 40.5 Å². The Morgan fingerprint density at radius 2 is 2.06 bits per heavy atom. The lowest BCUT2D eigenvalue weighted by molar-refractivity contribution is -0.111. The van der Waals surface area contributed by atoms with Gasteiger partial charge in [0.15, 0.2) is 0 Å². The largest absolute Gasteiger partial charge is 0.491 e.